The Kier molecular flexibility index (Phi) is 2.30. The molecule has 90 valence electrons. The number of nitrogen functional groups attached to an aromatic ring is 1. The lowest BCUT2D eigenvalue weighted by Crippen LogP contribution is -2.00. The second-order valence-corrected chi connectivity index (χ2v) is 4.28. The van der Waals surface area contributed by atoms with Crippen LogP contribution in [-0.4, -0.2) is 9.55 Å². The average molecular weight is 241 g/mol. The maximum atomic E-state index is 13.3. The predicted molar refractivity (Wildman–Crippen MR) is 70.2 cm³/mol. The van der Waals surface area contributed by atoms with E-state index in [1.165, 1.54) is 12.1 Å². The Bertz CT molecular complexity index is 731. The smallest absolute Gasteiger partial charge is 0.205 e. The largest absolute Gasteiger partial charge is 0.369 e. The van der Waals surface area contributed by atoms with Crippen LogP contribution in [0.1, 0.15) is 5.56 Å². The Morgan fingerprint density at radius 3 is 2.78 bits per heavy atom. The number of anilines is 1. The summed E-state index contributed by atoms with van der Waals surface area (Å²) in [7, 11) is 0. The van der Waals surface area contributed by atoms with Gasteiger partial charge in [0, 0.05) is 0 Å². The monoisotopic (exact) mass is 241 g/mol. The van der Waals surface area contributed by atoms with E-state index in [-0.39, 0.29) is 5.82 Å². The molecule has 1 heterocycles. The van der Waals surface area contributed by atoms with Crippen LogP contribution in [0.4, 0.5) is 10.3 Å². The van der Waals surface area contributed by atoms with Crippen LogP contribution < -0.4 is 5.73 Å². The van der Waals surface area contributed by atoms with Gasteiger partial charge in [-0.2, -0.15) is 0 Å². The summed E-state index contributed by atoms with van der Waals surface area (Å²) in [6, 6.07) is 12.2. The Morgan fingerprint density at radius 1 is 1.17 bits per heavy atom. The maximum absolute atomic E-state index is 13.3. The fourth-order valence-electron chi connectivity index (χ4n) is 2.10. The second-order valence-electron chi connectivity index (χ2n) is 4.28. The van der Waals surface area contributed by atoms with E-state index in [9.17, 15) is 4.39 Å². The molecular weight excluding hydrogens is 229 g/mol. The van der Waals surface area contributed by atoms with Crippen LogP contribution in [0.3, 0.4) is 0 Å². The Hall–Kier alpha value is -2.36. The van der Waals surface area contributed by atoms with E-state index in [0.717, 1.165) is 16.6 Å². The topological polar surface area (TPSA) is 43.8 Å². The van der Waals surface area contributed by atoms with Gasteiger partial charge in [0.15, 0.2) is 0 Å². The number of imidazole rings is 1. The fourth-order valence-corrected chi connectivity index (χ4v) is 2.10. The summed E-state index contributed by atoms with van der Waals surface area (Å²) in [6.45, 7) is 2.00. The van der Waals surface area contributed by atoms with Crippen LogP contribution in [0.25, 0.3) is 16.7 Å². The molecule has 0 aliphatic rings. The predicted octanol–water partition coefficient (Wildman–Crippen LogP) is 3.06. The van der Waals surface area contributed by atoms with E-state index in [4.69, 9.17) is 5.73 Å². The number of aryl methyl sites for hydroxylation is 1. The lowest BCUT2D eigenvalue weighted by atomic mass is 10.2. The summed E-state index contributed by atoms with van der Waals surface area (Å²) >= 11 is 0. The molecular formula is C14H12FN3. The van der Waals surface area contributed by atoms with Gasteiger partial charge in [0.05, 0.1) is 16.7 Å². The standard InChI is InChI=1S/C14H12FN3/c1-9-5-6-13-12(7-9)17-14(16)18(13)11-4-2-3-10(15)8-11/h2-8H,1H3,(H2,16,17). The number of nitrogens with two attached hydrogens (primary N) is 1. The van der Waals surface area contributed by atoms with E-state index in [1.807, 2.05) is 25.1 Å². The third kappa shape index (κ3) is 1.62. The average Bonchev–Trinajstić information content (AvgIpc) is 2.64. The number of halogens is 1. The molecule has 4 heteroatoms. The SMILES string of the molecule is Cc1ccc2c(c1)nc(N)n2-c1cccc(F)c1. The van der Waals surface area contributed by atoms with E-state index in [1.54, 1.807) is 16.7 Å². The summed E-state index contributed by atoms with van der Waals surface area (Å²) in [4.78, 5) is 4.30. The molecule has 0 radical (unpaired) electrons. The maximum Gasteiger partial charge on any atom is 0.205 e. The molecule has 1 aromatic heterocycles. The molecule has 3 nitrogen and oxygen atoms in total. The lowest BCUT2D eigenvalue weighted by Gasteiger charge is -2.06. The summed E-state index contributed by atoms with van der Waals surface area (Å²) < 4.78 is 15.0. The Labute approximate surface area is 104 Å². The molecule has 0 atom stereocenters. The number of nitrogens with zero attached hydrogens (tertiary/aromatic N) is 2. The third-order valence-corrected chi connectivity index (χ3v) is 2.90. The summed E-state index contributed by atoms with van der Waals surface area (Å²) in [5, 5.41) is 0. The highest BCUT2D eigenvalue weighted by Gasteiger charge is 2.10. The van der Waals surface area contributed by atoms with Crippen molar-refractivity contribution in [3.8, 4) is 5.69 Å². The fraction of sp³-hybridized carbons (Fsp3) is 0.0714. The molecule has 0 spiro atoms. The van der Waals surface area contributed by atoms with Gasteiger partial charge in [-0.05, 0) is 42.8 Å². The zero-order valence-electron chi connectivity index (χ0n) is 9.89. The quantitative estimate of drug-likeness (QED) is 0.711. The van der Waals surface area contributed by atoms with Crippen LogP contribution >= 0.6 is 0 Å². The minimum Gasteiger partial charge on any atom is -0.369 e. The number of rotatable bonds is 1. The van der Waals surface area contributed by atoms with Crippen LogP contribution in [-0.2, 0) is 0 Å². The molecule has 18 heavy (non-hydrogen) atoms. The van der Waals surface area contributed by atoms with E-state index >= 15 is 0 Å². The van der Waals surface area contributed by atoms with Gasteiger partial charge in [0.1, 0.15) is 5.82 Å². The Morgan fingerprint density at radius 2 is 2.00 bits per heavy atom. The first-order valence-corrected chi connectivity index (χ1v) is 5.66. The first-order valence-electron chi connectivity index (χ1n) is 5.66. The highest BCUT2D eigenvalue weighted by molar-refractivity contribution is 5.81. The molecule has 0 bridgehead atoms. The normalized spacial score (nSPS) is 11.0. The van der Waals surface area contributed by atoms with Gasteiger partial charge in [0.2, 0.25) is 5.95 Å². The van der Waals surface area contributed by atoms with Crippen LogP contribution in [0.2, 0.25) is 0 Å². The van der Waals surface area contributed by atoms with Crippen LogP contribution in [0, 0.1) is 12.7 Å². The van der Waals surface area contributed by atoms with Crippen molar-refractivity contribution in [1.29, 1.82) is 0 Å². The van der Waals surface area contributed by atoms with Crippen LogP contribution in [0.15, 0.2) is 42.5 Å². The van der Waals surface area contributed by atoms with Crippen molar-refractivity contribution < 1.29 is 4.39 Å². The number of aromatic nitrogens is 2. The molecule has 2 N–H and O–H groups in total. The van der Waals surface area contributed by atoms with Gasteiger partial charge in [-0.1, -0.05) is 12.1 Å². The number of hydrogen-bond acceptors (Lipinski definition) is 2. The molecule has 0 saturated carbocycles. The molecule has 0 aliphatic heterocycles. The second kappa shape index (κ2) is 3.84. The van der Waals surface area contributed by atoms with Gasteiger partial charge < -0.3 is 5.73 Å². The van der Waals surface area contributed by atoms with Crippen LogP contribution in [0.5, 0.6) is 0 Å². The van der Waals surface area contributed by atoms with Crippen molar-refractivity contribution in [2.75, 3.05) is 5.73 Å². The van der Waals surface area contributed by atoms with Gasteiger partial charge in [-0.3, -0.25) is 4.57 Å². The number of fused-ring (bicyclic) bond motifs is 1. The van der Waals surface area contributed by atoms with Crippen molar-refractivity contribution in [2.24, 2.45) is 0 Å². The number of hydrogen-bond donors (Lipinski definition) is 1. The first kappa shape index (κ1) is 10.8. The molecule has 0 fully saturated rings. The van der Waals surface area contributed by atoms with Crippen molar-refractivity contribution in [3.63, 3.8) is 0 Å². The van der Waals surface area contributed by atoms with E-state index < -0.39 is 0 Å². The molecule has 3 aromatic rings. The summed E-state index contributed by atoms with van der Waals surface area (Å²) in [6.07, 6.45) is 0. The molecule has 3 rings (SSSR count). The lowest BCUT2D eigenvalue weighted by molar-refractivity contribution is 0.627. The zero-order valence-corrected chi connectivity index (χ0v) is 9.89. The minimum absolute atomic E-state index is 0.291. The highest BCUT2D eigenvalue weighted by atomic mass is 19.1. The molecule has 0 saturated heterocycles. The van der Waals surface area contributed by atoms with Gasteiger partial charge in [0.25, 0.3) is 0 Å². The van der Waals surface area contributed by atoms with Gasteiger partial charge >= 0.3 is 0 Å². The molecule has 0 unspecified atom stereocenters. The number of benzene rings is 2. The first-order chi connectivity index (χ1) is 8.65. The minimum atomic E-state index is -0.291. The van der Waals surface area contributed by atoms with Crippen molar-refractivity contribution in [2.45, 2.75) is 6.92 Å². The zero-order chi connectivity index (χ0) is 12.7. The summed E-state index contributed by atoms with van der Waals surface area (Å²) in [5.74, 6) is 0.0714. The molecule has 0 aliphatic carbocycles. The van der Waals surface area contributed by atoms with Crippen molar-refractivity contribution in [3.05, 3.63) is 53.8 Å². The van der Waals surface area contributed by atoms with E-state index in [0.29, 0.717) is 11.6 Å². The van der Waals surface area contributed by atoms with Crippen molar-refractivity contribution in [1.82, 2.24) is 9.55 Å². The van der Waals surface area contributed by atoms with Gasteiger partial charge in [-0.15, -0.1) is 0 Å². The molecule has 0 amide bonds. The van der Waals surface area contributed by atoms with Crippen molar-refractivity contribution >= 4 is 17.0 Å². The van der Waals surface area contributed by atoms with E-state index in [2.05, 4.69) is 4.98 Å². The summed E-state index contributed by atoms with van der Waals surface area (Å²) in [5.41, 5.74) is 9.41. The molecule has 2 aromatic carbocycles. The third-order valence-electron chi connectivity index (χ3n) is 2.90. The Balaban J connectivity index is 2.32. The highest BCUT2D eigenvalue weighted by Crippen LogP contribution is 2.24. The van der Waals surface area contributed by atoms with Gasteiger partial charge in [-0.25, -0.2) is 9.37 Å².